The summed E-state index contributed by atoms with van der Waals surface area (Å²) >= 11 is 0. The van der Waals surface area contributed by atoms with Crippen LogP contribution in [0.25, 0.3) is 65.3 Å². The van der Waals surface area contributed by atoms with Crippen LogP contribution in [0.4, 0.5) is 0 Å². The third-order valence-corrected chi connectivity index (χ3v) is 11.6. The van der Waals surface area contributed by atoms with E-state index >= 15 is 0 Å². The predicted octanol–water partition coefficient (Wildman–Crippen LogP) is 11.6. The summed E-state index contributed by atoms with van der Waals surface area (Å²) in [6.07, 6.45) is 1.13. The van der Waals surface area contributed by atoms with Crippen molar-refractivity contribution in [2.45, 2.75) is 57.8 Å². The summed E-state index contributed by atoms with van der Waals surface area (Å²) < 4.78 is 0. The number of rotatable bonds is 0. The average molecular weight is 551 g/mol. The maximum absolute atomic E-state index is 2.59. The van der Waals surface area contributed by atoms with Gasteiger partial charge in [0.15, 0.2) is 0 Å². The Morgan fingerprint density at radius 1 is 0.488 bits per heavy atom. The minimum atomic E-state index is -0.121. The van der Waals surface area contributed by atoms with Gasteiger partial charge in [0.05, 0.1) is 0 Å². The van der Waals surface area contributed by atoms with Gasteiger partial charge in [-0.3, -0.25) is 0 Å². The molecule has 1 atom stereocenters. The molecule has 0 saturated heterocycles. The van der Waals surface area contributed by atoms with Gasteiger partial charge in [0.1, 0.15) is 0 Å². The molecule has 0 heteroatoms. The van der Waals surface area contributed by atoms with Crippen molar-refractivity contribution in [1.82, 2.24) is 0 Å². The van der Waals surface area contributed by atoms with Crippen LogP contribution in [-0.4, -0.2) is 0 Å². The van der Waals surface area contributed by atoms with Gasteiger partial charge >= 0.3 is 0 Å². The molecule has 0 aliphatic heterocycles. The van der Waals surface area contributed by atoms with E-state index < -0.39 is 0 Å². The molecule has 0 nitrogen and oxygen atoms in total. The monoisotopic (exact) mass is 550 g/mol. The molecule has 7 aromatic rings. The lowest BCUT2D eigenvalue weighted by Crippen LogP contribution is -2.28. The smallest absolute Gasteiger partial charge is 0.0159 e. The Morgan fingerprint density at radius 3 is 1.74 bits per heavy atom. The molecule has 0 N–H and O–H groups in total. The lowest BCUT2D eigenvalue weighted by Gasteiger charge is -2.42. The van der Waals surface area contributed by atoms with Crippen LogP contribution in [0.5, 0.6) is 0 Å². The van der Waals surface area contributed by atoms with Gasteiger partial charge in [-0.2, -0.15) is 0 Å². The second-order valence-electron chi connectivity index (χ2n) is 14.5. The van der Waals surface area contributed by atoms with E-state index in [1.165, 1.54) is 98.7 Å². The van der Waals surface area contributed by atoms with Crippen molar-refractivity contribution in [2.24, 2.45) is 0 Å². The van der Waals surface area contributed by atoms with E-state index in [1.807, 2.05) is 0 Å². The van der Waals surface area contributed by atoms with E-state index in [4.69, 9.17) is 0 Å². The van der Waals surface area contributed by atoms with E-state index in [0.717, 1.165) is 6.42 Å². The molecule has 3 aliphatic carbocycles. The van der Waals surface area contributed by atoms with Crippen LogP contribution in [-0.2, 0) is 17.3 Å². The van der Waals surface area contributed by atoms with Crippen molar-refractivity contribution >= 4 is 43.1 Å². The van der Waals surface area contributed by atoms with Gasteiger partial charge in [-0.15, -0.1) is 0 Å². The molecule has 0 aromatic heterocycles. The summed E-state index contributed by atoms with van der Waals surface area (Å²) in [5.41, 5.74) is 14.3. The van der Waals surface area contributed by atoms with Crippen molar-refractivity contribution in [3.63, 3.8) is 0 Å². The summed E-state index contributed by atoms with van der Waals surface area (Å²) in [5.74, 6) is 0.541. The maximum Gasteiger partial charge on any atom is 0.0159 e. The van der Waals surface area contributed by atoms with E-state index in [1.54, 1.807) is 0 Å². The molecule has 3 aliphatic rings. The number of hydrogen-bond donors (Lipinski definition) is 0. The first kappa shape index (κ1) is 24.1. The normalized spacial score (nSPS) is 18.4. The Kier molecular flexibility index (Phi) is 4.23. The summed E-state index contributed by atoms with van der Waals surface area (Å²) in [6, 6.07) is 37.9. The van der Waals surface area contributed by atoms with Crippen LogP contribution in [0, 0.1) is 0 Å². The minimum absolute atomic E-state index is 0.119. The summed E-state index contributed by atoms with van der Waals surface area (Å²) in [7, 11) is 0. The third-order valence-electron chi connectivity index (χ3n) is 11.6. The molecule has 206 valence electrons. The third kappa shape index (κ3) is 2.71. The average Bonchev–Trinajstić information content (AvgIpc) is 3.01. The minimum Gasteiger partial charge on any atom is -0.0616 e. The standard InChI is InChI=1S/C43H34/c1-23-20-24-14-16-29-31(21-24)30(23)22-35-37(29)39-28-13-9-8-12-27(28)38-36-26-11-7-6-10-25(26)15-17-32(36)42(2,3)33-18-19-34(43(35,4)5)41(39)40(33)38/h6-19,21-23H,20H2,1-5H3. The van der Waals surface area contributed by atoms with E-state index in [2.05, 4.69) is 132 Å². The maximum atomic E-state index is 2.59. The Bertz CT molecular complexity index is 2430. The molecule has 7 aromatic carbocycles. The highest BCUT2D eigenvalue weighted by Crippen LogP contribution is 2.61. The fourth-order valence-corrected chi connectivity index (χ4v) is 9.48. The molecule has 1 unspecified atom stereocenters. The zero-order chi connectivity index (χ0) is 29.0. The van der Waals surface area contributed by atoms with Crippen LogP contribution < -0.4 is 0 Å². The SMILES string of the molecule is CC1Cc2ccc3c4c(cc1c3c2)C(C)(C)c1ccc2c3c(c5ccccc5c-4c13)-c1c(ccc3ccccc13)C2(C)C. The Labute approximate surface area is 253 Å². The van der Waals surface area contributed by atoms with Crippen molar-refractivity contribution in [3.05, 3.63) is 130 Å². The molecule has 0 fully saturated rings. The lowest BCUT2D eigenvalue weighted by molar-refractivity contribution is 0.632. The molecule has 43 heavy (non-hydrogen) atoms. The van der Waals surface area contributed by atoms with Gasteiger partial charge in [0.2, 0.25) is 0 Å². The number of benzene rings is 7. The van der Waals surface area contributed by atoms with Gasteiger partial charge < -0.3 is 0 Å². The largest absolute Gasteiger partial charge is 0.0616 e. The first-order valence-corrected chi connectivity index (χ1v) is 15.9. The molecule has 2 bridgehead atoms. The first-order valence-electron chi connectivity index (χ1n) is 15.9. The topological polar surface area (TPSA) is 0 Å². The van der Waals surface area contributed by atoms with Crippen molar-refractivity contribution in [3.8, 4) is 22.3 Å². The van der Waals surface area contributed by atoms with Crippen LogP contribution in [0.3, 0.4) is 0 Å². The molecular formula is C43H34. The summed E-state index contributed by atoms with van der Waals surface area (Å²) in [6.45, 7) is 12.2. The molecule has 0 radical (unpaired) electrons. The summed E-state index contributed by atoms with van der Waals surface area (Å²) in [4.78, 5) is 0. The Hall–Kier alpha value is -4.42. The highest BCUT2D eigenvalue weighted by atomic mass is 14.4. The Balaban J connectivity index is 1.51. The van der Waals surface area contributed by atoms with Gasteiger partial charge in [-0.1, -0.05) is 132 Å². The molecular weight excluding hydrogens is 516 g/mol. The van der Waals surface area contributed by atoms with E-state index in [0.29, 0.717) is 5.92 Å². The van der Waals surface area contributed by atoms with Crippen LogP contribution in [0.15, 0.2) is 97.1 Å². The fourth-order valence-electron chi connectivity index (χ4n) is 9.48. The lowest BCUT2D eigenvalue weighted by atomic mass is 9.60. The predicted molar refractivity (Wildman–Crippen MR) is 184 cm³/mol. The van der Waals surface area contributed by atoms with Gasteiger partial charge in [-0.05, 0) is 111 Å². The molecule has 0 heterocycles. The van der Waals surface area contributed by atoms with Gasteiger partial charge in [0.25, 0.3) is 0 Å². The van der Waals surface area contributed by atoms with Crippen molar-refractivity contribution in [1.29, 1.82) is 0 Å². The highest BCUT2D eigenvalue weighted by molar-refractivity contribution is 6.29. The highest BCUT2D eigenvalue weighted by Gasteiger charge is 2.42. The molecule has 0 amide bonds. The van der Waals surface area contributed by atoms with Crippen LogP contribution >= 0.6 is 0 Å². The molecule has 10 rings (SSSR count). The summed E-state index contributed by atoms with van der Waals surface area (Å²) in [5, 5.41) is 11.2. The molecule has 0 spiro atoms. The number of hydrogen-bond acceptors (Lipinski definition) is 0. The van der Waals surface area contributed by atoms with Crippen LogP contribution in [0.1, 0.15) is 73.9 Å². The van der Waals surface area contributed by atoms with E-state index in [9.17, 15) is 0 Å². The molecule has 0 saturated carbocycles. The van der Waals surface area contributed by atoms with E-state index in [-0.39, 0.29) is 10.8 Å². The fraction of sp³-hybridized carbons (Fsp3) is 0.209. The zero-order valence-corrected chi connectivity index (χ0v) is 25.5. The van der Waals surface area contributed by atoms with Crippen molar-refractivity contribution < 1.29 is 0 Å². The van der Waals surface area contributed by atoms with Crippen molar-refractivity contribution in [2.75, 3.05) is 0 Å². The zero-order valence-electron chi connectivity index (χ0n) is 25.5. The second-order valence-corrected chi connectivity index (χ2v) is 14.5. The van der Waals surface area contributed by atoms with Gasteiger partial charge in [0, 0.05) is 10.8 Å². The second kappa shape index (κ2) is 7.56. The van der Waals surface area contributed by atoms with Gasteiger partial charge in [-0.25, -0.2) is 0 Å². The quantitative estimate of drug-likeness (QED) is 0.165. The first-order chi connectivity index (χ1) is 20.8. The number of fused-ring (bicyclic) bond motifs is 11. The Morgan fingerprint density at radius 2 is 1.05 bits per heavy atom. The van der Waals surface area contributed by atoms with Crippen LogP contribution in [0.2, 0.25) is 0 Å².